The summed E-state index contributed by atoms with van der Waals surface area (Å²) in [4.78, 5) is 0. The average molecular weight is 567 g/mol. The second kappa shape index (κ2) is 12.9. The molecule has 0 aliphatic heterocycles. The molecule has 1 rings (SSSR count). The van der Waals surface area contributed by atoms with E-state index in [2.05, 4.69) is 48.8 Å². The first-order valence-corrected chi connectivity index (χ1v) is 28.1. The van der Waals surface area contributed by atoms with Crippen molar-refractivity contribution in [1.29, 1.82) is 0 Å². The Morgan fingerprint density at radius 2 is 1.45 bits per heavy atom. The van der Waals surface area contributed by atoms with Crippen molar-refractivity contribution in [2.24, 2.45) is 0 Å². The van der Waals surface area contributed by atoms with Crippen LogP contribution in [0, 0.1) is 6.92 Å². The third-order valence-corrected chi connectivity index (χ3v) is 83.5. The molecule has 0 aliphatic carbocycles. The Hall–Kier alpha value is 0.652. The fourth-order valence-electron chi connectivity index (χ4n) is 3.67. The highest BCUT2D eigenvalue weighted by Crippen LogP contribution is 2.37. The Morgan fingerprint density at radius 1 is 0.871 bits per heavy atom. The predicted octanol–water partition coefficient (Wildman–Crippen LogP) is 0.557. The van der Waals surface area contributed by atoms with Crippen LogP contribution >= 0.6 is 0 Å². The van der Waals surface area contributed by atoms with Gasteiger partial charge in [0.05, 0.1) is 14.2 Å². The van der Waals surface area contributed by atoms with E-state index in [-0.39, 0.29) is 0 Å². The SMILES string of the molecule is CCO[Si](OCC)[Si](CCc1c(OC)ccc(C)c1OC)([Si]([Si])([Si])[Si])[Si]([Si])([Si])OCC. The van der Waals surface area contributed by atoms with E-state index in [4.69, 9.17) is 22.8 Å². The van der Waals surface area contributed by atoms with E-state index in [0.29, 0.717) is 19.8 Å². The number of aryl methyl sites for hydroxylation is 1. The summed E-state index contributed by atoms with van der Waals surface area (Å²) in [5.74, 6) is 1.68. The van der Waals surface area contributed by atoms with Crippen LogP contribution in [0.3, 0.4) is 0 Å². The highest BCUT2D eigenvalue weighted by atomic mass is 30.4. The van der Waals surface area contributed by atoms with Gasteiger partial charge in [0.15, 0.2) is 0 Å². The number of hydrogen-bond acceptors (Lipinski definition) is 5. The summed E-state index contributed by atoms with van der Waals surface area (Å²) < 4.78 is 30.5. The topological polar surface area (TPSA) is 46.2 Å². The minimum absolute atomic E-state index is 0.588. The molecule has 1 unspecified atom stereocenters. The molecule has 5 nitrogen and oxygen atoms in total. The standard InChI is InChI=1S/C17H30O5Si9/c1-7-20-28(21-8-2)29(31(25,26)27,30(23,24)22-9-3)13-12-15-16(18-5)11-10-14(4)17(15)19-6/h10-11H,7-9,12-13H2,1-6H3. The van der Waals surface area contributed by atoms with Gasteiger partial charge in [0, 0.05) is 80.3 Å². The minimum Gasteiger partial charge on any atom is -0.496 e. The molecule has 0 saturated carbocycles. The van der Waals surface area contributed by atoms with Crippen molar-refractivity contribution in [2.75, 3.05) is 34.0 Å². The van der Waals surface area contributed by atoms with Gasteiger partial charge in [0.2, 0.25) is 0 Å². The van der Waals surface area contributed by atoms with Crippen LogP contribution in [0.5, 0.6) is 11.5 Å². The summed E-state index contributed by atoms with van der Waals surface area (Å²) in [7, 11) is 22.2. The molecule has 31 heavy (non-hydrogen) atoms. The van der Waals surface area contributed by atoms with Crippen LogP contribution < -0.4 is 9.47 Å². The quantitative estimate of drug-likeness (QED) is 0.308. The van der Waals surface area contributed by atoms with Crippen molar-refractivity contribution in [3.8, 4) is 11.5 Å². The van der Waals surface area contributed by atoms with Crippen LogP contribution in [0.25, 0.3) is 0 Å². The minimum atomic E-state index is -2.60. The fourth-order valence-corrected chi connectivity index (χ4v) is 97.8. The lowest BCUT2D eigenvalue weighted by Crippen LogP contribution is -2.89. The van der Waals surface area contributed by atoms with E-state index in [0.717, 1.165) is 35.1 Å². The summed E-state index contributed by atoms with van der Waals surface area (Å²) in [6.45, 7) is 4.74. The van der Waals surface area contributed by atoms with E-state index >= 15 is 0 Å². The van der Waals surface area contributed by atoms with Gasteiger partial charge in [-0.25, -0.2) is 0 Å². The summed E-state index contributed by atoms with van der Waals surface area (Å²) in [5.41, 5.74) is 2.13. The van der Waals surface area contributed by atoms with Crippen molar-refractivity contribution in [3.05, 3.63) is 23.3 Å². The van der Waals surface area contributed by atoms with E-state index in [9.17, 15) is 0 Å². The lowest BCUT2D eigenvalue weighted by Gasteiger charge is -2.52. The molecule has 1 aromatic rings. The first kappa shape index (κ1) is 29.7. The Labute approximate surface area is 208 Å². The molecule has 1 aromatic carbocycles. The van der Waals surface area contributed by atoms with Crippen LogP contribution in [0.1, 0.15) is 31.9 Å². The third-order valence-electron chi connectivity index (χ3n) is 5.09. The molecule has 14 heteroatoms. The zero-order valence-corrected chi connectivity index (χ0v) is 28.2. The van der Waals surface area contributed by atoms with Gasteiger partial charge in [-0.3, -0.25) is 0 Å². The van der Waals surface area contributed by atoms with Crippen molar-refractivity contribution >= 4 is 77.2 Å². The first-order chi connectivity index (χ1) is 14.5. The maximum absolute atomic E-state index is 6.39. The maximum Gasteiger partial charge on any atom is 0.354 e. The van der Waals surface area contributed by atoms with Gasteiger partial charge < -0.3 is 22.8 Å². The highest BCUT2D eigenvalue weighted by molar-refractivity contribution is 8.11. The fraction of sp³-hybridized carbons (Fsp3) is 0.647. The monoisotopic (exact) mass is 566 g/mol. The third kappa shape index (κ3) is 6.62. The Balaban J connectivity index is 3.67. The number of ether oxygens (including phenoxy) is 2. The molecule has 0 aliphatic rings. The number of hydrogen-bond donors (Lipinski definition) is 0. The van der Waals surface area contributed by atoms with Crippen LogP contribution in [0.2, 0.25) is 6.04 Å². The zero-order chi connectivity index (χ0) is 23.9. The first-order valence-electron chi connectivity index (χ1n) is 10.2. The predicted molar refractivity (Wildman–Crippen MR) is 139 cm³/mol. The van der Waals surface area contributed by atoms with Gasteiger partial charge in [-0.05, 0) is 45.7 Å². The van der Waals surface area contributed by atoms with Gasteiger partial charge in [-0.15, -0.1) is 0 Å². The number of rotatable bonds is 14. The van der Waals surface area contributed by atoms with Crippen molar-refractivity contribution in [2.45, 2.75) is 40.2 Å². The molecular weight excluding hydrogens is 537 g/mol. The average Bonchev–Trinajstić information content (AvgIpc) is 2.67. The summed E-state index contributed by atoms with van der Waals surface area (Å²) in [5, 5.41) is 0. The molecule has 0 heterocycles. The highest BCUT2D eigenvalue weighted by Gasteiger charge is 2.65. The maximum atomic E-state index is 6.39. The van der Waals surface area contributed by atoms with Gasteiger partial charge in [-0.1, -0.05) is 12.1 Å². The molecule has 0 spiro atoms. The number of methoxy groups -OCH3 is 2. The zero-order valence-electron chi connectivity index (χ0n) is 19.2. The van der Waals surface area contributed by atoms with Crippen LogP contribution in [0.4, 0.5) is 0 Å². The molecule has 164 valence electrons. The van der Waals surface area contributed by atoms with Crippen LogP contribution in [-0.2, 0) is 19.7 Å². The van der Waals surface area contributed by atoms with Crippen molar-refractivity contribution in [3.63, 3.8) is 0 Å². The smallest absolute Gasteiger partial charge is 0.354 e. The molecule has 0 N–H and O–H groups in total. The molecule has 0 aromatic heterocycles. The molecule has 0 saturated heterocycles. The largest absolute Gasteiger partial charge is 0.496 e. The van der Waals surface area contributed by atoms with E-state index in [1.165, 1.54) is 0 Å². The van der Waals surface area contributed by atoms with E-state index in [1.54, 1.807) is 14.2 Å². The van der Waals surface area contributed by atoms with Crippen molar-refractivity contribution < 1.29 is 22.8 Å². The molecule has 0 fully saturated rings. The molecule has 0 amide bonds. The summed E-state index contributed by atoms with van der Waals surface area (Å²) in [6.07, 6.45) is -1.61. The van der Waals surface area contributed by atoms with Crippen molar-refractivity contribution in [1.82, 2.24) is 0 Å². The second-order valence-corrected chi connectivity index (χ2v) is 55.9. The van der Waals surface area contributed by atoms with E-state index < -0.39 is 28.4 Å². The lowest BCUT2D eigenvalue weighted by atomic mass is 10.1. The van der Waals surface area contributed by atoms with E-state index in [1.807, 2.05) is 39.8 Å². The van der Waals surface area contributed by atoms with Gasteiger partial charge in [-0.2, -0.15) is 0 Å². The Morgan fingerprint density at radius 3 is 1.87 bits per heavy atom. The van der Waals surface area contributed by atoms with Gasteiger partial charge in [0.25, 0.3) is 0 Å². The molecule has 0 bridgehead atoms. The van der Waals surface area contributed by atoms with Crippen LogP contribution in [-0.4, -0.2) is 111 Å². The molecular formula is C17H30O5Si9. The Kier molecular flexibility index (Phi) is 12.4. The normalized spacial score (nSPS) is 14.6. The molecule has 1 atom stereocenters. The summed E-state index contributed by atoms with van der Waals surface area (Å²) >= 11 is 0. The number of benzene rings is 1. The second-order valence-electron chi connectivity index (χ2n) is 7.02. The Bertz CT molecular complexity index is 695. The van der Waals surface area contributed by atoms with Crippen LogP contribution in [0.15, 0.2) is 12.1 Å². The molecule has 16 radical (unpaired) electrons. The summed E-state index contributed by atoms with van der Waals surface area (Å²) in [6, 6.07) is 4.87. The van der Waals surface area contributed by atoms with Gasteiger partial charge >= 0.3 is 8.80 Å². The lowest BCUT2D eigenvalue weighted by molar-refractivity contribution is 0.229. The van der Waals surface area contributed by atoms with Gasteiger partial charge in [0.1, 0.15) is 25.0 Å².